The molecule has 2 N–H and O–H groups in total. The van der Waals surface area contributed by atoms with Gasteiger partial charge in [0.1, 0.15) is 11.4 Å². The molecule has 9 heteroatoms. The van der Waals surface area contributed by atoms with Crippen LogP contribution in [0.1, 0.15) is 56.0 Å². The van der Waals surface area contributed by atoms with Crippen molar-refractivity contribution in [1.29, 1.82) is 0 Å². The Bertz CT molecular complexity index is 899. The highest BCUT2D eigenvalue weighted by molar-refractivity contribution is 6.06. The number of anilines is 1. The molecule has 2 amide bonds. The quantitative estimate of drug-likeness (QED) is 0.677. The highest BCUT2D eigenvalue weighted by Gasteiger charge is 2.29. The van der Waals surface area contributed by atoms with Gasteiger partial charge in [-0.05, 0) is 51.0 Å². The maximum atomic E-state index is 12.7. The number of aliphatic hydroxyl groups is 1. The van der Waals surface area contributed by atoms with E-state index in [1.165, 1.54) is 0 Å². The van der Waals surface area contributed by atoms with Crippen molar-refractivity contribution >= 4 is 29.3 Å². The molecule has 1 saturated carbocycles. The van der Waals surface area contributed by atoms with Crippen molar-refractivity contribution in [2.75, 3.05) is 31.1 Å². The van der Waals surface area contributed by atoms with E-state index in [0.717, 1.165) is 5.69 Å². The molecule has 0 radical (unpaired) electrons. The van der Waals surface area contributed by atoms with Crippen molar-refractivity contribution in [2.45, 2.75) is 58.3 Å². The predicted octanol–water partition coefficient (Wildman–Crippen LogP) is 1.66. The lowest BCUT2D eigenvalue weighted by Gasteiger charge is -2.37. The first-order valence-corrected chi connectivity index (χ1v) is 10.9. The van der Waals surface area contributed by atoms with Crippen LogP contribution in [0, 0.1) is 0 Å². The first kappa shape index (κ1) is 23.7. The van der Waals surface area contributed by atoms with Gasteiger partial charge in [0.15, 0.2) is 5.78 Å². The van der Waals surface area contributed by atoms with Crippen molar-refractivity contribution in [3.63, 3.8) is 0 Å². The second-order valence-electron chi connectivity index (χ2n) is 9.20. The van der Waals surface area contributed by atoms with Gasteiger partial charge in [-0.1, -0.05) is 0 Å². The summed E-state index contributed by atoms with van der Waals surface area (Å²) >= 11 is 0. The SMILES string of the molecule is CC(C)(C)OC(=O)N1CCN(c2ccc(C(=O)NC3CCC(=O)CC3=O)c(CO)c2)CC1. The number of rotatable bonds is 4. The fourth-order valence-electron chi connectivity index (χ4n) is 3.86. The Morgan fingerprint density at radius 2 is 1.84 bits per heavy atom. The molecule has 9 nitrogen and oxygen atoms in total. The third-order valence-electron chi connectivity index (χ3n) is 5.58. The van der Waals surface area contributed by atoms with Crippen molar-refractivity contribution in [2.24, 2.45) is 0 Å². The third kappa shape index (κ3) is 5.85. The lowest BCUT2D eigenvalue weighted by Crippen LogP contribution is -2.50. The zero-order chi connectivity index (χ0) is 23.5. The van der Waals surface area contributed by atoms with Gasteiger partial charge in [0, 0.05) is 43.9 Å². The highest BCUT2D eigenvalue weighted by Crippen LogP contribution is 2.23. The van der Waals surface area contributed by atoms with Gasteiger partial charge in [-0.15, -0.1) is 0 Å². The van der Waals surface area contributed by atoms with Gasteiger partial charge in [0.25, 0.3) is 5.91 Å². The predicted molar refractivity (Wildman–Crippen MR) is 118 cm³/mol. The average molecular weight is 446 g/mol. The summed E-state index contributed by atoms with van der Waals surface area (Å²) in [7, 11) is 0. The van der Waals surface area contributed by atoms with Gasteiger partial charge < -0.3 is 25.0 Å². The van der Waals surface area contributed by atoms with Crippen molar-refractivity contribution in [3.05, 3.63) is 29.3 Å². The molecule has 3 rings (SSSR count). The molecule has 2 fully saturated rings. The minimum absolute atomic E-state index is 0.104. The molecule has 1 aliphatic carbocycles. The minimum atomic E-state index is -0.674. The maximum absolute atomic E-state index is 12.7. The zero-order valence-corrected chi connectivity index (χ0v) is 18.8. The van der Waals surface area contributed by atoms with Gasteiger partial charge in [0.2, 0.25) is 0 Å². The third-order valence-corrected chi connectivity index (χ3v) is 5.58. The van der Waals surface area contributed by atoms with Gasteiger partial charge in [-0.2, -0.15) is 0 Å². The molecule has 0 aromatic heterocycles. The second kappa shape index (κ2) is 9.68. The van der Waals surface area contributed by atoms with E-state index >= 15 is 0 Å². The smallest absolute Gasteiger partial charge is 0.410 e. The number of carbonyl (C=O) groups excluding carboxylic acids is 4. The van der Waals surface area contributed by atoms with Crippen LogP contribution >= 0.6 is 0 Å². The van der Waals surface area contributed by atoms with E-state index in [-0.39, 0.29) is 37.1 Å². The number of amides is 2. The van der Waals surface area contributed by atoms with Gasteiger partial charge in [-0.3, -0.25) is 14.4 Å². The molecular formula is C23H31N3O6. The van der Waals surface area contributed by atoms with Crippen LogP contribution in [-0.2, 0) is 20.9 Å². The largest absolute Gasteiger partial charge is 0.444 e. The number of hydrogen-bond donors (Lipinski definition) is 2. The molecule has 1 unspecified atom stereocenters. The van der Waals surface area contributed by atoms with Crippen LogP contribution in [0.4, 0.5) is 10.5 Å². The molecule has 0 spiro atoms. The molecule has 1 heterocycles. The lowest BCUT2D eigenvalue weighted by molar-refractivity contribution is -0.131. The molecule has 1 aromatic rings. The summed E-state index contributed by atoms with van der Waals surface area (Å²) in [4.78, 5) is 52.1. The highest BCUT2D eigenvalue weighted by atomic mass is 16.6. The van der Waals surface area contributed by atoms with E-state index in [2.05, 4.69) is 10.2 Å². The van der Waals surface area contributed by atoms with Crippen LogP contribution in [-0.4, -0.2) is 71.4 Å². The maximum Gasteiger partial charge on any atom is 0.410 e. The molecule has 32 heavy (non-hydrogen) atoms. The van der Waals surface area contributed by atoms with E-state index in [1.54, 1.807) is 23.1 Å². The van der Waals surface area contributed by atoms with E-state index in [1.807, 2.05) is 20.8 Å². The first-order valence-electron chi connectivity index (χ1n) is 10.9. The van der Waals surface area contributed by atoms with E-state index in [9.17, 15) is 24.3 Å². The standard InChI is InChI=1S/C23H31N3O6/c1-23(2,3)32-22(31)26-10-8-25(9-11-26)16-4-6-18(15(12-16)14-27)21(30)24-19-7-5-17(28)13-20(19)29/h4,6,12,19,27H,5,7-11,13-14H2,1-3H3,(H,24,30). The Hall–Kier alpha value is -2.94. The zero-order valence-electron chi connectivity index (χ0n) is 18.8. The number of hydrogen-bond acceptors (Lipinski definition) is 7. The number of nitrogens with one attached hydrogen (secondary N) is 1. The Labute approximate surface area is 187 Å². The summed E-state index contributed by atoms with van der Waals surface area (Å²) in [6.07, 6.45) is 0.0981. The van der Waals surface area contributed by atoms with Crippen LogP contribution in [0.15, 0.2) is 18.2 Å². The van der Waals surface area contributed by atoms with Gasteiger partial charge >= 0.3 is 6.09 Å². The van der Waals surface area contributed by atoms with Crippen LogP contribution in [0.3, 0.4) is 0 Å². The summed E-state index contributed by atoms with van der Waals surface area (Å²) in [6.45, 7) is 7.38. The monoisotopic (exact) mass is 445 g/mol. The Balaban J connectivity index is 1.63. The topological polar surface area (TPSA) is 116 Å². The van der Waals surface area contributed by atoms with Crippen molar-refractivity contribution in [3.8, 4) is 0 Å². The molecule has 1 atom stereocenters. The number of carbonyl (C=O) groups is 4. The summed E-state index contributed by atoms with van der Waals surface area (Å²) in [5, 5.41) is 12.5. The van der Waals surface area contributed by atoms with E-state index < -0.39 is 17.6 Å². The molecule has 0 bridgehead atoms. The van der Waals surface area contributed by atoms with Crippen LogP contribution in [0.2, 0.25) is 0 Å². The fourth-order valence-corrected chi connectivity index (χ4v) is 3.86. The summed E-state index contributed by atoms with van der Waals surface area (Å²) in [6, 6.07) is 4.51. The number of ether oxygens (including phenoxy) is 1. The van der Waals surface area contributed by atoms with Crippen LogP contribution < -0.4 is 10.2 Å². The van der Waals surface area contributed by atoms with Gasteiger partial charge in [-0.25, -0.2) is 4.79 Å². The summed E-state index contributed by atoms with van der Waals surface area (Å²) < 4.78 is 5.42. The molecule has 2 aliphatic rings. The average Bonchev–Trinajstić information content (AvgIpc) is 2.74. The lowest BCUT2D eigenvalue weighted by atomic mass is 9.92. The number of piperazine rings is 1. The van der Waals surface area contributed by atoms with Crippen LogP contribution in [0.25, 0.3) is 0 Å². The Morgan fingerprint density at radius 1 is 1.16 bits per heavy atom. The number of Topliss-reactive ketones (excluding diaryl/α,β-unsaturated/α-hetero) is 2. The molecule has 1 aromatic carbocycles. The van der Waals surface area contributed by atoms with Crippen molar-refractivity contribution < 1.29 is 29.0 Å². The minimum Gasteiger partial charge on any atom is -0.444 e. The van der Waals surface area contributed by atoms with E-state index in [0.29, 0.717) is 43.7 Å². The Kier molecular flexibility index (Phi) is 7.18. The number of nitrogens with zero attached hydrogens (tertiary/aromatic N) is 2. The van der Waals surface area contributed by atoms with Crippen molar-refractivity contribution in [1.82, 2.24) is 10.2 Å². The normalized spacial score (nSPS) is 19.7. The molecule has 174 valence electrons. The molecule has 1 saturated heterocycles. The Morgan fingerprint density at radius 3 is 2.44 bits per heavy atom. The first-order chi connectivity index (χ1) is 15.1. The summed E-state index contributed by atoms with van der Waals surface area (Å²) in [5.74, 6) is -0.824. The van der Waals surface area contributed by atoms with Crippen LogP contribution in [0.5, 0.6) is 0 Å². The second-order valence-corrected chi connectivity index (χ2v) is 9.20. The number of benzene rings is 1. The summed E-state index contributed by atoms with van der Waals surface area (Å²) in [5.41, 5.74) is 1.05. The molecular weight excluding hydrogens is 414 g/mol. The number of ketones is 2. The van der Waals surface area contributed by atoms with Gasteiger partial charge in [0.05, 0.1) is 19.1 Å². The van der Waals surface area contributed by atoms with E-state index in [4.69, 9.17) is 4.74 Å². The molecule has 1 aliphatic heterocycles. The fraction of sp³-hybridized carbons (Fsp3) is 0.565. The number of aliphatic hydroxyl groups excluding tert-OH is 1.